The maximum atomic E-state index is 12.9. The van der Waals surface area contributed by atoms with Gasteiger partial charge in [0.25, 0.3) is 0 Å². The summed E-state index contributed by atoms with van der Waals surface area (Å²) in [4.78, 5) is 17.6. The lowest BCUT2D eigenvalue weighted by Gasteiger charge is -2.34. The third kappa shape index (κ3) is 2.68. The van der Waals surface area contributed by atoms with Crippen LogP contribution in [0.5, 0.6) is 0 Å². The first-order chi connectivity index (χ1) is 12.5. The van der Waals surface area contributed by atoms with Gasteiger partial charge in [0.1, 0.15) is 5.41 Å². The molecule has 1 spiro atoms. The second-order valence-corrected chi connectivity index (χ2v) is 8.43. The molecule has 1 heterocycles. The quantitative estimate of drug-likeness (QED) is 0.908. The predicted octanol–water partition coefficient (Wildman–Crippen LogP) is 3.16. The highest BCUT2D eigenvalue weighted by Gasteiger charge is 2.72. The fourth-order valence-electron chi connectivity index (χ4n) is 4.93. The Labute approximate surface area is 156 Å². The Morgan fingerprint density at radius 2 is 1.88 bits per heavy atom. The number of rotatable bonds is 3. The maximum Gasteiger partial charge on any atom is 0.245 e. The van der Waals surface area contributed by atoms with Crippen LogP contribution < -0.4 is 10.2 Å². The molecule has 4 rings (SSSR count). The van der Waals surface area contributed by atoms with Crippen LogP contribution in [0.3, 0.4) is 0 Å². The molecule has 1 unspecified atom stereocenters. The standard InChI is InChI=1S/C21H28N4O/c1-16-13-17(25-11-9-24(2)10-12-25)5-6-18(16)23-19(26)21(15-22)14-20(21)7-3-4-8-20/h5-6,13H,3-4,7-12,14H2,1-2H3,(H,23,26). The molecule has 26 heavy (non-hydrogen) atoms. The van der Waals surface area contributed by atoms with Crippen LogP contribution >= 0.6 is 0 Å². The highest BCUT2D eigenvalue weighted by Crippen LogP contribution is 2.71. The summed E-state index contributed by atoms with van der Waals surface area (Å²) in [5.41, 5.74) is 2.26. The number of hydrogen-bond donors (Lipinski definition) is 1. The Balaban J connectivity index is 1.47. The first-order valence-electron chi connectivity index (χ1n) is 9.77. The monoisotopic (exact) mass is 352 g/mol. The van der Waals surface area contributed by atoms with Crippen LogP contribution in [0, 0.1) is 29.1 Å². The van der Waals surface area contributed by atoms with E-state index < -0.39 is 5.41 Å². The number of anilines is 2. The Bertz CT molecular complexity index is 754. The molecule has 1 atom stereocenters. The van der Waals surface area contributed by atoms with Crippen molar-refractivity contribution in [1.82, 2.24) is 4.90 Å². The number of carbonyl (C=O) groups excluding carboxylic acids is 1. The van der Waals surface area contributed by atoms with E-state index in [1.165, 1.54) is 5.69 Å². The first kappa shape index (κ1) is 17.4. The summed E-state index contributed by atoms with van der Waals surface area (Å²) in [6, 6.07) is 8.60. The van der Waals surface area contributed by atoms with Crippen LogP contribution in [-0.2, 0) is 4.79 Å². The average molecular weight is 352 g/mol. The van der Waals surface area contributed by atoms with Gasteiger partial charge in [-0.1, -0.05) is 12.8 Å². The largest absolute Gasteiger partial charge is 0.369 e. The molecular formula is C21H28N4O. The summed E-state index contributed by atoms with van der Waals surface area (Å²) >= 11 is 0. The van der Waals surface area contributed by atoms with Gasteiger partial charge in [0, 0.05) is 43.0 Å². The number of amides is 1. The number of piperazine rings is 1. The second kappa shape index (κ2) is 6.28. The normalized spacial score (nSPS) is 27.3. The Kier molecular flexibility index (Phi) is 4.19. The van der Waals surface area contributed by atoms with Crippen molar-refractivity contribution in [2.75, 3.05) is 43.4 Å². The molecular weight excluding hydrogens is 324 g/mol. The molecule has 1 aliphatic heterocycles. The molecule has 1 amide bonds. The van der Waals surface area contributed by atoms with Crippen molar-refractivity contribution in [3.63, 3.8) is 0 Å². The zero-order chi connectivity index (χ0) is 18.4. The molecule has 1 aromatic rings. The number of benzene rings is 1. The summed E-state index contributed by atoms with van der Waals surface area (Å²) in [5.74, 6) is -0.0997. The molecule has 2 saturated carbocycles. The van der Waals surface area contributed by atoms with Crippen LogP contribution in [-0.4, -0.2) is 44.0 Å². The van der Waals surface area contributed by atoms with E-state index in [-0.39, 0.29) is 11.3 Å². The first-order valence-corrected chi connectivity index (χ1v) is 9.77. The predicted molar refractivity (Wildman–Crippen MR) is 103 cm³/mol. The summed E-state index contributed by atoms with van der Waals surface area (Å²) in [6.07, 6.45) is 5.08. The van der Waals surface area contributed by atoms with Crippen molar-refractivity contribution in [3.05, 3.63) is 23.8 Å². The molecule has 1 saturated heterocycles. The molecule has 5 heteroatoms. The van der Waals surface area contributed by atoms with Gasteiger partial charge in [-0.15, -0.1) is 0 Å². The zero-order valence-electron chi connectivity index (χ0n) is 15.8. The van der Waals surface area contributed by atoms with Crippen molar-refractivity contribution in [2.45, 2.75) is 39.0 Å². The topological polar surface area (TPSA) is 59.4 Å². The zero-order valence-corrected chi connectivity index (χ0v) is 15.8. The van der Waals surface area contributed by atoms with Gasteiger partial charge in [0.15, 0.2) is 0 Å². The van der Waals surface area contributed by atoms with Crippen LogP contribution in [0.2, 0.25) is 0 Å². The van der Waals surface area contributed by atoms with Crippen molar-refractivity contribution < 1.29 is 4.79 Å². The van der Waals surface area contributed by atoms with E-state index >= 15 is 0 Å². The SMILES string of the molecule is Cc1cc(N2CCN(C)CC2)ccc1NC(=O)C1(C#N)CC12CCCC2. The number of nitrogens with zero attached hydrogens (tertiary/aromatic N) is 3. The fourth-order valence-corrected chi connectivity index (χ4v) is 4.93. The molecule has 1 aromatic carbocycles. The van der Waals surface area contributed by atoms with Crippen molar-refractivity contribution in [2.24, 2.45) is 10.8 Å². The Hall–Kier alpha value is -2.06. The van der Waals surface area contributed by atoms with Gasteiger partial charge >= 0.3 is 0 Å². The summed E-state index contributed by atoms with van der Waals surface area (Å²) in [7, 11) is 2.15. The van der Waals surface area contributed by atoms with Crippen LogP contribution in [0.25, 0.3) is 0 Å². The van der Waals surface area contributed by atoms with Crippen molar-refractivity contribution >= 4 is 17.3 Å². The maximum absolute atomic E-state index is 12.9. The molecule has 2 aliphatic carbocycles. The van der Waals surface area contributed by atoms with Crippen molar-refractivity contribution in [1.29, 1.82) is 5.26 Å². The lowest BCUT2D eigenvalue weighted by atomic mass is 9.91. The number of aryl methyl sites for hydroxylation is 1. The van der Waals surface area contributed by atoms with E-state index in [4.69, 9.17) is 0 Å². The minimum Gasteiger partial charge on any atom is -0.369 e. The molecule has 0 aromatic heterocycles. The lowest BCUT2D eigenvalue weighted by molar-refractivity contribution is -0.120. The van der Waals surface area contributed by atoms with Gasteiger partial charge in [-0.3, -0.25) is 4.79 Å². The molecule has 1 N–H and O–H groups in total. The van der Waals surface area contributed by atoms with E-state index in [9.17, 15) is 10.1 Å². The van der Waals surface area contributed by atoms with Crippen molar-refractivity contribution in [3.8, 4) is 6.07 Å². The number of hydrogen-bond acceptors (Lipinski definition) is 4. The smallest absolute Gasteiger partial charge is 0.245 e. The van der Waals surface area contributed by atoms with Crippen LogP contribution in [0.1, 0.15) is 37.7 Å². The van der Waals surface area contributed by atoms with E-state index in [0.29, 0.717) is 0 Å². The van der Waals surface area contributed by atoms with Gasteiger partial charge in [-0.05, 0) is 57.0 Å². The number of carbonyl (C=O) groups is 1. The summed E-state index contributed by atoms with van der Waals surface area (Å²) in [6.45, 7) is 6.24. The number of nitriles is 1. The van der Waals surface area contributed by atoms with Gasteiger partial charge in [0.2, 0.25) is 5.91 Å². The molecule has 0 radical (unpaired) electrons. The minimum absolute atomic E-state index is 0.0422. The third-order valence-corrected chi connectivity index (χ3v) is 6.85. The second-order valence-electron chi connectivity index (χ2n) is 8.43. The average Bonchev–Trinajstić information content (AvgIpc) is 3.03. The van der Waals surface area contributed by atoms with Crippen LogP contribution in [0.15, 0.2) is 18.2 Å². The molecule has 3 fully saturated rings. The van der Waals surface area contributed by atoms with E-state index in [0.717, 1.165) is 69.5 Å². The minimum atomic E-state index is -0.800. The number of nitrogens with one attached hydrogen (secondary N) is 1. The highest BCUT2D eigenvalue weighted by molar-refractivity contribution is 6.01. The summed E-state index contributed by atoms with van der Waals surface area (Å²) < 4.78 is 0. The van der Waals surface area contributed by atoms with Crippen LogP contribution in [0.4, 0.5) is 11.4 Å². The Morgan fingerprint density at radius 3 is 2.50 bits per heavy atom. The van der Waals surface area contributed by atoms with Gasteiger partial charge in [-0.2, -0.15) is 5.26 Å². The summed E-state index contributed by atoms with van der Waals surface area (Å²) in [5, 5.41) is 12.8. The lowest BCUT2D eigenvalue weighted by Crippen LogP contribution is -2.44. The number of likely N-dealkylation sites (N-methyl/N-ethyl adjacent to an activating group) is 1. The highest BCUT2D eigenvalue weighted by atomic mass is 16.2. The molecule has 5 nitrogen and oxygen atoms in total. The van der Waals surface area contributed by atoms with Gasteiger partial charge in [-0.25, -0.2) is 0 Å². The van der Waals surface area contributed by atoms with Gasteiger partial charge < -0.3 is 15.1 Å². The molecule has 3 aliphatic rings. The van der Waals surface area contributed by atoms with E-state index in [1.807, 2.05) is 13.0 Å². The van der Waals surface area contributed by atoms with Gasteiger partial charge in [0.05, 0.1) is 6.07 Å². The van der Waals surface area contributed by atoms with E-state index in [1.54, 1.807) is 0 Å². The third-order valence-electron chi connectivity index (χ3n) is 6.85. The fraction of sp³-hybridized carbons (Fsp3) is 0.619. The molecule has 0 bridgehead atoms. The Morgan fingerprint density at radius 1 is 1.19 bits per heavy atom. The van der Waals surface area contributed by atoms with E-state index in [2.05, 4.69) is 40.4 Å². The molecule has 138 valence electrons.